The topological polar surface area (TPSA) is 110 Å². The van der Waals surface area contributed by atoms with E-state index in [1.165, 1.54) is 16.9 Å². The molecule has 0 saturated carbocycles. The second kappa shape index (κ2) is 10.3. The molecule has 0 unspecified atom stereocenters. The molecule has 1 fully saturated rings. The summed E-state index contributed by atoms with van der Waals surface area (Å²) in [6, 6.07) is 20.1. The fraction of sp³-hybridized carbons (Fsp3) is 0.250. The molecule has 2 heterocycles. The highest BCUT2D eigenvalue weighted by molar-refractivity contribution is 5.90. The van der Waals surface area contributed by atoms with Gasteiger partial charge in [0.15, 0.2) is 11.7 Å². The third-order valence-electron chi connectivity index (χ3n) is 6.14. The van der Waals surface area contributed by atoms with Gasteiger partial charge in [0.2, 0.25) is 0 Å². The normalized spacial score (nSPS) is 19.0. The Balaban J connectivity index is 1.35. The Labute approximate surface area is 212 Å². The van der Waals surface area contributed by atoms with E-state index in [0.717, 1.165) is 11.1 Å². The van der Waals surface area contributed by atoms with Crippen molar-refractivity contribution in [3.63, 3.8) is 0 Å². The molecule has 0 bridgehead atoms. The zero-order valence-electron chi connectivity index (χ0n) is 20.4. The van der Waals surface area contributed by atoms with Crippen molar-refractivity contribution in [1.82, 2.24) is 15.0 Å². The first kappa shape index (κ1) is 24.3. The molecule has 1 aliphatic rings. The molecule has 0 N–H and O–H groups in total. The number of aryl methyl sites for hydroxylation is 2. The van der Waals surface area contributed by atoms with Gasteiger partial charge in [-0.2, -0.15) is 15.0 Å². The number of aromatic nitrogens is 3. The molecule has 0 radical (unpaired) electrons. The molecule has 4 aromatic rings. The van der Waals surface area contributed by atoms with E-state index < -0.39 is 30.4 Å². The Morgan fingerprint density at radius 1 is 0.838 bits per heavy atom. The van der Waals surface area contributed by atoms with Crippen LogP contribution in [-0.4, -0.2) is 45.7 Å². The minimum atomic E-state index is -0.729. The molecular formula is C28H25N3O6. The lowest BCUT2D eigenvalue weighted by atomic mass is 10.1. The van der Waals surface area contributed by atoms with Gasteiger partial charge in [-0.05, 0) is 62.4 Å². The summed E-state index contributed by atoms with van der Waals surface area (Å²) in [5.74, 6) is -1.00. The maximum atomic E-state index is 12.8. The van der Waals surface area contributed by atoms with Crippen LogP contribution >= 0.6 is 0 Å². The molecule has 3 atom stereocenters. The summed E-state index contributed by atoms with van der Waals surface area (Å²) >= 11 is 0. The minimum Gasteiger partial charge on any atom is -0.459 e. The van der Waals surface area contributed by atoms with Crippen molar-refractivity contribution in [3.05, 3.63) is 105 Å². The first-order chi connectivity index (χ1) is 17.9. The van der Waals surface area contributed by atoms with Gasteiger partial charge in [0.1, 0.15) is 29.8 Å². The van der Waals surface area contributed by atoms with Crippen LogP contribution in [0.1, 0.15) is 44.5 Å². The summed E-state index contributed by atoms with van der Waals surface area (Å²) in [5, 5.41) is 8.87. The molecule has 188 valence electrons. The van der Waals surface area contributed by atoms with Crippen LogP contribution in [0.5, 0.6) is 0 Å². The minimum absolute atomic E-state index is 0.121. The number of ether oxygens (including phenoxy) is 3. The van der Waals surface area contributed by atoms with Gasteiger partial charge < -0.3 is 14.2 Å². The number of carbonyl (C=O) groups is 2. The highest BCUT2D eigenvalue weighted by Gasteiger charge is 2.41. The summed E-state index contributed by atoms with van der Waals surface area (Å²) in [6.45, 7) is 3.74. The van der Waals surface area contributed by atoms with Crippen molar-refractivity contribution >= 4 is 23.0 Å². The van der Waals surface area contributed by atoms with Crippen LogP contribution in [0.15, 0.2) is 77.6 Å². The number of rotatable bonds is 6. The standard InChI is InChI=1S/C28H25N3O6/c1-17-3-7-19(8-4-17)27(33)35-16-25-24(37-28(34)20-9-5-18(2)6-10-20)15-26(36-25)31-29-22-13-11-21(32)12-14-23(22)30-31/h3-14,24-26H,15-16H2,1-2H3/t24-,25+,26-/m0/s1. The van der Waals surface area contributed by atoms with E-state index in [1.807, 2.05) is 38.1 Å². The third kappa shape index (κ3) is 5.57. The lowest BCUT2D eigenvalue weighted by molar-refractivity contribution is -0.0633. The SMILES string of the molecule is Cc1ccc(C(=O)OC[C@H]2O[C@H](n3nc4ccc(=O)ccc4n3)C[C@@H]2OC(=O)c2ccc(C)cc2)cc1. The Kier molecular flexibility index (Phi) is 6.78. The van der Waals surface area contributed by atoms with Crippen molar-refractivity contribution in [2.45, 2.75) is 38.7 Å². The van der Waals surface area contributed by atoms with Crippen LogP contribution in [0.4, 0.5) is 0 Å². The van der Waals surface area contributed by atoms with Crippen molar-refractivity contribution in [1.29, 1.82) is 0 Å². The van der Waals surface area contributed by atoms with Gasteiger partial charge in [-0.15, -0.1) is 0 Å². The first-order valence-corrected chi connectivity index (χ1v) is 11.9. The fourth-order valence-electron chi connectivity index (χ4n) is 4.03. The summed E-state index contributed by atoms with van der Waals surface area (Å²) in [7, 11) is 0. The fourth-order valence-corrected chi connectivity index (χ4v) is 4.03. The molecular weight excluding hydrogens is 474 g/mol. The van der Waals surface area contributed by atoms with Crippen molar-refractivity contribution in [2.24, 2.45) is 0 Å². The Morgan fingerprint density at radius 3 is 1.95 bits per heavy atom. The zero-order valence-corrected chi connectivity index (χ0v) is 20.4. The lowest BCUT2D eigenvalue weighted by Gasteiger charge is -2.19. The number of carbonyl (C=O) groups excluding carboxylic acids is 2. The van der Waals surface area contributed by atoms with Crippen LogP contribution < -0.4 is 5.43 Å². The molecule has 1 aliphatic heterocycles. The van der Waals surface area contributed by atoms with Gasteiger partial charge in [0, 0.05) is 6.42 Å². The van der Waals surface area contributed by atoms with E-state index in [2.05, 4.69) is 10.2 Å². The number of hydrogen-bond donors (Lipinski definition) is 0. The second-order valence-electron chi connectivity index (χ2n) is 9.00. The molecule has 5 rings (SSSR count). The van der Waals surface area contributed by atoms with E-state index in [0.29, 0.717) is 22.2 Å². The molecule has 1 aromatic heterocycles. The predicted octanol–water partition coefficient (Wildman–Crippen LogP) is 3.78. The van der Waals surface area contributed by atoms with Gasteiger partial charge in [-0.25, -0.2) is 9.59 Å². The molecule has 37 heavy (non-hydrogen) atoms. The number of esters is 2. The molecule has 9 nitrogen and oxygen atoms in total. The van der Waals surface area contributed by atoms with Gasteiger partial charge in [0.05, 0.1) is 11.1 Å². The zero-order chi connectivity index (χ0) is 25.9. The summed E-state index contributed by atoms with van der Waals surface area (Å²) in [6.07, 6.45) is -1.84. The second-order valence-corrected chi connectivity index (χ2v) is 9.00. The van der Waals surface area contributed by atoms with E-state index in [1.54, 1.807) is 36.4 Å². The highest BCUT2D eigenvalue weighted by atomic mass is 16.6. The Hall–Kier alpha value is -4.37. The van der Waals surface area contributed by atoms with E-state index in [9.17, 15) is 14.4 Å². The van der Waals surface area contributed by atoms with Crippen LogP contribution in [0.25, 0.3) is 11.0 Å². The summed E-state index contributed by atoms with van der Waals surface area (Å²) in [5.41, 5.74) is 3.77. The van der Waals surface area contributed by atoms with Gasteiger partial charge in [0.25, 0.3) is 0 Å². The van der Waals surface area contributed by atoms with Gasteiger partial charge in [-0.1, -0.05) is 35.4 Å². The lowest BCUT2D eigenvalue weighted by Crippen LogP contribution is -2.32. The van der Waals surface area contributed by atoms with E-state index >= 15 is 0 Å². The molecule has 9 heteroatoms. The molecule has 0 aliphatic carbocycles. The Morgan fingerprint density at radius 2 is 1.38 bits per heavy atom. The molecule has 0 spiro atoms. The monoisotopic (exact) mass is 499 g/mol. The van der Waals surface area contributed by atoms with Crippen LogP contribution in [0.2, 0.25) is 0 Å². The third-order valence-corrected chi connectivity index (χ3v) is 6.14. The van der Waals surface area contributed by atoms with Crippen molar-refractivity contribution in [3.8, 4) is 0 Å². The number of nitrogens with zero attached hydrogens (tertiary/aromatic N) is 3. The molecule has 0 amide bonds. The van der Waals surface area contributed by atoms with Crippen molar-refractivity contribution in [2.75, 3.05) is 6.61 Å². The van der Waals surface area contributed by atoms with Gasteiger partial charge in [-0.3, -0.25) is 4.79 Å². The average molecular weight is 500 g/mol. The largest absolute Gasteiger partial charge is 0.459 e. The first-order valence-electron chi connectivity index (χ1n) is 11.9. The summed E-state index contributed by atoms with van der Waals surface area (Å²) in [4.78, 5) is 38.4. The van der Waals surface area contributed by atoms with Crippen LogP contribution in [-0.2, 0) is 14.2 Å². The molecule has 3 aromatic carbocycles. The smallest absolute Gasteiger partial charge is 0.338 e. The number of fused-ring (bicyclic) bond motifs is 1. The quantitative estimate of drug-likeness (QED) is 0.369. The average Bonchev–Trinajstić information content (AvgIpc) is 3.44. The Bertz CT molecular complexity index is 1460. The maximum absolute atomic E-state index is 12.8. The number of hydrogen-bond acceptors (Lipinski definition) is 8. The summed E-state index contributed by atoms with van der Waals surface area (Å²) < 4.78 is 17.4. The van der Waals surface area contributed by atoms with Gasteiger partial charge >= 0.3 is 11.9 Å². The van der Waals surface area contributed by atoms with Crippen LogP contribution in [0, 0.1) is 13.8 Å². The predicted molar refractivity (Wildman–Crippen MR) is 134 cm³/mol. The number of benzene rings is 2. The van der Waals surface area contributed by atoms with Crippen LogP contribution in [0.3, 0.4) is 0 Å². The highest BCUT2D eigenvalue weighted by Crippen LogP contribution is 2.31. The molecule has 1 saturated heterocycles. The maximum Gasteiger partial charge on any atom is 0.338 e. The van der Waals surface area contributed by atoms with E-state index in [-0.39, 0.29) is 18.5 Å². The van der Waals surface area contributed by atoms with Crippen molar-refractivity contribution < 1.29 is 23.8 Å². The van der Waals surface area contributed by atoms with E-state index in [4.69, 9.17) is 14.2 Å².